The summed E-state index contributed by atoms with van der Waals surface area (Å²) in [6, 6.07) is 6.63. The third-order valence-electron chi connectivity index (χ3n) is 5.02. The number of benzene rings is 1. The normalized spacial score (nSPS) is 16.9. The number of aromatic amines is 1. The molecule has 1 aromatic heterocycles. The van der Waals surface area contributed by atoms with Gasteiger partial charge < -0.3 is 19.6 Å². The minimum atomic E-state index is -0.118. The lowest BCUT2D eigenvalue weighted by Gasteiger charge is -2.31. The fourth-order valence-electron chi connectivity index (χ4n) is 3.46. The van der Waals surface area contributed by atoms with Crippen molar-refractivity contribution < 1.29 is 14.6 Å². The number of carbonyl (C=O) groups excluding carboxylic acids is 1. The van der Waals surface area contributed by atoms with Crippen LogP contribution in [-0.2, 0) is 28.9 Å². The number of anilines is 1. The first-order valence-corrected chi connectivity index (χ1v) is 9.10. The van der Waals surface area contributed by atoms with Crippen LogP contribution in [0.2, 0.25) is 0 Å². The third kappa shape index (κ3) is 3.80. The first-order chi connectivity index (χ1) is 13.1. The van der Waals surface area contributed by atoms with Gasteiger partial charge in [0, 0.05) is 25.2 Å². The first kappa shape index (κ1) is 17.5. The minimum Gasteiger partial charge on any atom is -0.508 e. The lowest BCUT2D eigenvalue weighted by Crippen LogP contribution is -2.42. The number of aromatic nitrogens is 2. The minimum absolute atomic E-state index is 0.0126. The average molecular weight is 370 g/mol. The molecule has 1 saturated heterocycles. The molecule has 2 aliphatic rings. The van der Waals surface area contributed by atoms with Crippen molar-refractivity contribution >= 4 is 11.9 Å². The van der Waals surface area contributed by atoms with Crippen molar-refractivity contribution in [1.82, 2.24) is 14.9 Å². The van der Waals surface area contributed by atoms with Gasteiger partial charge in [0.25, 0.3) is 5.56 Å². The number of H-pyrrole nitrogens is 1. The summed E-state index contributed by atoms with van der Waals surface area (Å²) in [4.78, 5) is 36.4. The van der Waals surface area contributed by atoms with E-state index in [0.717, 1.165) is 5.56 Å². The molecule has 1 fully saturated rings. The maximum Gasteiger partial charge on any atom is 0.255 e. The van der Waals surface area contributed by atoms with Gasteiger partial charge in [-0.25, -0.2) is 4.98 Å². The molecule has 0 radical (unpaired) electrons. The monoisotopic (exact) mass is 370 g/mol. The van der Waals surface area contributed by atoms with Crippen LogP contribution in [0.15, 0.2) is 29.1 Å². The third-order valence-corrected chi connectivity index (χ3v) is 5.02. The van der Waals surface area contributed by atoms with Crippen LogP contribution in [0, 0.1) is 0 Å². The van der Waals surface area contributed by atoms with Gasteiger partial charge in [0.2, 0.25) is 11.9 Å². The highest BCUT2D eigenvalue weighted by atomic mass is 16.5. The summed E-state index contributed by atoms with van der Waals surface area (Å²) in [5.74, 6) is 0.716. The number of aromatic hydroxyl groups is 1. The number of rotatable bonds is 3. The number of fused-ring (bicyclic) bond motifs is 1. The molecule has 8 heteroatoms. The van der Waals surface area contributed by atoms with E-state index in [1.165, 1.54) is 0 Å². The molecule has 0 unspecified atom stereocenters. The van der Waals surface area contributed by atoms with E-state index in [0.29, 0.717) is 63.0 Å². The Balaban J connectivity index is 1.51. The highest BCUT2D eigenvalue weighted by molar-refractivity contribution is 5.79. The number of phenolic OH excluding ortho intramolecular Hbond substituents is 1. The summed E-state index contributed by atoms with van der Waals surface area (Å²) in [6.07, 6.45) is 0.761. The van der Waals surface area contributed by atoms with Crippen LogP contribution < -0.4 is 10.5 Å². The van der Waals surface area contributed by atoms with Gasteiger partial charge in [0.1, 0.15) is 5.75 Å². The smallest absolute Gasteiger partial charge is 0.255 e. The first-order valence-electron chi connectivity index (χ1n) is 9.10. The quantitative estimate of drug-likeness (QED) is 0.814. The van der Waals surface area contributed by atoms with Gasteiger partial charge in [-0.3, -0.25) is 14.6 Å². The van der Waals surface area contributed by atoms with E-state index in [4.69, 9.17) is 4.74 Å². The highest BCUT2D eigenvalue weighted by Gasteiger charge is 2.25. The topological polar surface area (TPSA) is 98.8 Å². The molecule has 0 aliphatic carbocycles. The molecule has 27 heavy (non-hydrogen) atoms. The molecule has 0 spiro atoms. The molecule has 8 nitrogen and oxygen atoms in total. The van der Waals surface area contributed by atoms with E-state index in [9.17, 15) is 14.7 Å². The fraction of sp³-hybridized carbons (Fsp3) is 0.421. The van der Waals surface area contributed by atoms with Gasteiger partial charge in [-0.2, -0.15) is 0 Å². The number of phenols is 1. The molecule has 2 N–H and O–H groups in total. The van der Waals surface area contributed by atoms with E-state index < -0.39 is 0 Å². The second kappa shape index (κ2) is 7.40. The van der Waals surface area contributed by atoms with E-state index in [-0.39, 0.29) is 23.6 Å². The molecule has 0 saturated carbocycles. The Morgan fingerprint density at radius 3 is 2.67 bits per heavy atom. The largest absolute Gasteiger partial charge is 0.508 e. The Bertz CT molecular complexity index is 888. The van der Waals surface area contributed by atoms with Crippen LogP contribution >= 0.6 is 0 Å². The Hall–Kier alpha value is -2.87. The standard InChI is InChI=1S/C19H22N4O4/c24-14-3-1-13(2-4-14)11-17(25)23-6-5-15-16(12-23)20-19(21-18(15)26)22-7-9-27-10-8-22/h1-4,24H,5-12H2,(H,20,21,26). The van der Waals surface area contributed by atoms with Crippen molar-refractivity contribution in [2.75, 3.05) is 37.7 Å². The predicted octanol–water partition coefficient (Wildman–Crippen LogP) is 0.440. The predicted molar refractivity (Wildman–Crippen MR) is 98.8 cm³/mol. The van der Waals surface area contributed by atoms with E-state index >= 15 is 0 Å². The zero-order chi connectivity index (χ0) is 18.8. The molecule has 0 bridgehead atoms. The SMILES string of the molecule is O=C(Cc1ccc(O)cc1)N1CCc2c(nc(N3CCOCC3)[nH]c2=O)C1. The number of hydrogen-bond donors (Lipinski definition) is 2. The molecule has 0 atom stereocenters. The maximum atomic E-state index is 12.7. The summed E-state index contributed by atoms with van der Waals surface area (Å²) >= 11 is 0. The summed E-state index contributed by atoms with van der Waals surface area (Å²) in [5, 5.41) is 9.36. The van der Waals surface area contributed by atoms with Crippen molar-refractivity contribution in [1.29, 1.82) is 0 Å². The zero-order valence-electron chi connectivity index (χ0n) is 15.0. The average Bonchev–Trinajstić information content (AvgIpc) is 2.70. The number of carbonyl (C=O) groups is 1. The summed E-state index contributed by atoms with van der Waals surface area (Å²) in [6.45, 7) is 3.44. The number of nitrogens with zero attached hydrogens (tertiary/aromatic N) is 3. The van der Waals surface area contributed by atoms with Crippen molar-refractivity contribution in [2.45, 2.75) is 19.4 Å². The Morgan fingerprint density at radius 1 is 1.19 bits per heavy atom. The van der Waals surface area contributed by atoms with Crippen LogP contribution in [0.1, 0.15) is 16.8 Å². The summed E-state index contributed by atoms with van der Waals surface area (Å²) in [5.41, 5.74) is 2.06. The number of nitrogens with one attached hydrogen (secondary N) is 1. The molecular weight excluding hydrogens is 348 g/mol. The molecule has 2 aromatic rings. The number of amides is 1. The van der Waals surface area contributed by atoms with Crippen molar-refractivity contribution in [3.8, 4) is 5.75 Å². The van der Waals surface area contributed by atoms with E-state index in [2.05, 4.69) is 9.97 Å². The van der Waals surface area contributed by atoms with Gasteiger partial charge in [0.15, 0.2) is 0 Å². The Kier molecular flexibility index (Phi) is 4.81. The van der Waals surface area contributed by atoms with E-state index in [1.807, 2.05) is 4.90 Å². The van der Waals surface area contributed by atoms with Crippen LogP contribution in [0.5, 0.6) is 5.75 Å². The molecular formula is C19H22N4O4. The number of ether oxygens (including phenoxy) is 1. The zero-order valence-corrected chi connectivity index (χ0v) is 15.0. The molecule has 142 valence electrons. The van der Waals surface area contributed by atoms with Crippen molar-refractivity contribution in [3.05, 3.63) is 51.4 Å². The van der Waals surface area contributed by atoms with Crippen molar-refractivity contribution in [2.24, 2.45) is 0 Å². The molecule has 2 aliphatic heterocycles. The fourth-order valence-corrected chi connectivity index (χ4v) is 3.46. The van der Waals surface area contributed by atoms with Gasteiger partial charge in [0.05, 0.1) is 31.9 Å². The Morgan fingerprint density at radius 2 is 1.93 bits per heavy atom. The molecule has 1 amide bonds. The summed E-state index contributed by atoms with van der Waals surface area (Å²) < 4.78 is 5.35. The van der Waals surface area contributed by atoms with Crippen LogP contribution in [-0.4, -0.2) is 58.7 Å². The lowest BCUT2D eigenvalue weighted by molar-refractivity contribution is -0.131. The van der Waals surface area contributed by atoms with Gasteiger partial charge >= 0.3 is 0 Å². The van der Waals surface area contributed by atoms with Crippen LogP contribution in [0.4, 0.5) is 5.95 Å². The van der Waals surface area contributed by atoms with Crippen LogP contribution in [0.3, 0.4) is 0 Å². The second-order valence-electron chi connectivity index (χ2n) is 6.82. The maximum absolute atomic E-state index is 12.7. The number of hydrogen-bond acceptors (Lipinski definition) is 6. The van der Waals surface area contributed by atoms with Gasteiger partial charge in [-0.05, 0) is 24.1 Å². The highest BCUT2D eigenvalue weighted by Crippen LogP contribution is 2.19. The van der Waals surface area contributed by atoms with Crippen LogP contribution in [0.25, 0.3) is 0 Å². The molecule has 1 aromatic carbocycles. The summed E-state index contributed by atoms with van der Waals surface area (Å²) in [7, 11) is 0. The van der Waals surface area contributed by atoms with Gasteiger partial charge in [-0.15, -0.1) is 0 Å². The molecule has 4 rings (SSSR count). The Labute approximate surface area is 156 Å². The van der Waals surface area contributed by atoms with E-state index in [1.54, 1.807) is 29.2 Å². The second-order valence-corrected chi connectivity index (χ2v) is 6.82. The van der Waals surface area contributed by atoms with Crippen molar-refractivity contribution in [3.63, 3.8) is 0 Å². The molecule has 3 heterocycles. The number of morpholine rings is 1. The lowest BCUT2D eigenvalue weighted by atomic mass is 10.0. The van der Waals surface area contributed by atoms with Gasteiger partial charge in [-0.1, -0.05) is 12.1 Å².